The number of allylic oxidation sites excluding steroid dienone is 1. The summed E-state index contributed by atoms with van der Waals surface area (Å²) in [7, 11) is 0. The van der Waals surface area contributed by atoms with Gasteiger partial charge in [0.25, 0.3) is 0 Å². The minimum absolute atomic E-state index is 0.311. The van der Waals surface area contributed by atoms with E-state index in [9.17, 15) is 9.59 Å². The van der Waals surface area contributed by atoms with Crippen LogP contribution in [-0.4, -0.2) is 18.5 Å². The summed E-state index contributed by atoms with van der Waals surface area (Å²) in [5.41, 5.74) is 3.44. The van der Waals surface area contributed by atoms with Crippen molar-refractivity contribution < 1.29 is 23.8 Å². The zero-order valence-corrected chi connectivity index (χ0v) is 17.8. The van der Waals surface area contributed by atoms with E-state index < -0.39 is 11.9 Å². The smallest absolute Gasteiger partial charge is 0.338 e. The number of carbonyl (C=O) groups is 2. The molecular weight excluding hydrogens is 380 g/mol. The Bertz CT molecular complexity index is 993. The second kappa shape index (κ2) is 10.3. The first-order valence-corrected chi connectivity index (χ1v) is 9.43. The molecule has 2 aromatic rings. The zero-order valence-electron chi connectivity index (χ0n) is 17.8. The summed E-state index contributed by atoms with van der Waals surface area (Å²) < 4.78 is 16.5. The molecule has 0 aliphatic heterocycles. The first-order valence-electron chi connectivity index (χ1n) is 9.43. The van der Waals surface area contributed by atoms with Crippen molar-refractivity contribution in [1.29, 1.82) is 0 Å². The van der Waals surface area contributed by atoms with Crippen molar-refractivity contribution in [2.75, 3.05) is 6.61 Å². The average Bonchev–Trinajstić information content (AvgIpc) is 2.68. The molecule has 2 aromatic carbocycles. The molecule has 0 heterocycles. The Morgan fingerprint density at radius 2 is 1.37 bits per heavy atom. The molecule has 5 heteroatoms. The van der Waals surface area contributed by atoms with Gasteiger partial charge in [-0.2, -0.15) is 0 Å². The predicted octanol–water partition coefficient (Wildman–Crippen LogP) is 5.66. The van der Waals surface area contributed by atoms with Crippen molar-refractivity contribution in [2.45, 2.75) is 27.7 Å². The number of carbonyl (C=O) groups excluding carboxylic acids is 2. The van der Waals surface area contributed by atoms with Gasteiger partial charge in [-0.15, -0.1) is 0 Å². The number of hydrogen-bond acceptors (Lipinski definition) is 5. The second-order valence-electron chi connectivity index (χ2n) is 7.11. The Labute approximate surface area is 177 Å². The van der Waals surface area contributed by atoms with Crippen molar-refractivity contribution in [1.82, 2.24) is 0 Å². The molecule has 0 saturated heterocycles. The fraction of sp³-hybridized carbons (Fsp3) is 0.200. The molecule has 0 aromatic heterocycles. The van der Waals surface area contributed by atoms with E-state index in [4.69, 9.17) is 14.2 Å². The van der Waals surface area contributed by atoms with Crippen LogP contribution in [0, 0.1) is 0 Å². The van der Waals surface area contributed by atoms with Gasteiger partial charge in [-0.3, -0.25) is 0 Å². The molecule has 2 rings (SSSR count). The Morgan fingerprint density at radius 3 is 1.90 bits per heavy atom. The van der Waals surface area contributed by atoms with Gasteiger partial charge >= 0.3 is 11.9 Å². The highest BCUT2D eigenvalue weighted by molar-refractivity contribution is 5.89. The Balaban J connectivity index is 2.33. The number of ether oxygens (including phenoxy) is 3. The standard InChI is InChI=1S/C25H26O5/c1-16(2)13-14-28-23-15-21(30-25(27)18(5)6)11-12-22(23)19-7-9-20(10-8-19)29-24(26)17(3)4/h7-13,15H,3,5,14H2,1-2,4,6H3. The normalized spacial score (nSPS) is 10.0. The highest BCUT2D eigenvalue weighted by atomic mass is 16.5. The lowest BCUT2D eigenvalue weighted by atomic mass is 10.0. The minimum atomic E-state index is -0.498. The van der Waals surface area contributed by atoms with Crippen molar-refractivity contribution in [3.63, 3.8) is 0 Å². The molecule has 0 N–H and O–H groups in total. The van der Waals surface area contributed by atoms with Crippen LogP contribution in [-0.2, 0) is 9.59 Å². The van der Waals surface area contributed by atoms with E-state index in [1.165, 1.54) is 0 Å². The molecule has 0 amide bonds. The maximum Gasteiger partial charge on any atom is 0.338 e. The summed E-state index contributed by atoms with van der Waals surface area (Å²) >= 11 is 0. The lowest BCUT2D eigenvalue weighted by Crippen LogP contribution is -2.08. The van der Waals surface area contributed by atoms with E-state index in [1.54, 1.807) is 38.1 Å². The molecule has 30 heavy (non-hydrogen) atoms. The Kier molecular flexibility index (Phi) is 7.76. The predicted molar refractivity (Wildman–Crippen MR) is 118 cm³/mol. The van der Waals surface area contributed by atoms with Crippen LogP contribution in [0.2, 0.25) is 0 Å². The van der Waals surface area contributed by atoms with Crippen LogP contribution in [0.25, 0.3) is 11.1 Å². The number of hydrogen-bond donors (Lipinski definition) is 0. The summed E-state index contributed by atoms with van der Waals surface area (Å²) in [6, 6.07) is 12.2. The van der Waals surface area contributed by atoms with E-state index in [-0.39, 0.29) is 0 Å². The average molecular weight is 406 g/mol. The van der Waals surface area contributed by atoms with Crippen LogP contribution in [0.5, 0.6) is 17.2 Å². The third-order valence-electron chi connectivity index (χ3n) is 3.97. The largest absolute Gasteiger partial charge is 0.489 e. The van der Waals surface area contributed by atoms with Crippen molar-refractivity contribution in [3.8, 4) is 28.4 Å². The summed E-state index contributed by atoms with van der Waals surface area (Å²) in [5.74, 6) is 0.377. The van der Waals surface area contributed by atoms with Crippen molar-refractivity contribution >= 4 is 11.9 Å². The van der Waals surface area contributed by atoms with Gasteiger partial charge < -0.3 is 14.2 Å². The molecular formula is C25H26O5. The van der Waals surface area contributed by atoms with Crippen LogP contribution in [0.4, 0.5) is 0 Å². The Hall–Kier alpha value is -3.60. The van der Waals surface area contributed by atoms with Crippen LogP contribution in [0.3, 0.4) is 0 Å². The van der Waals surface area contributed by atoms with Gasteiger partial charge in [-0.1, -0.05) is 30.9 Å². The molecule has 0 unspecified atom stereocenters. The molecule has 0 aliphatic rings. The van der Waals surface area contributed by atoms with Gasteiger partial charge in [0, 0.05) is 22.8 Å². The van der Waals surface area contributed by atoms with Gasteiger partial charge in [0.2, 0.25) is 0 Å². The van der Waals surface area contributed by atoms with Crippen LogP contribution >= 0.6 is 0 Å². The van der Waals surface area contributed by atoms with Crippen molar-refractivity contribution in [2.24, 2.45) is 0 Å². The quantitative estimate of drug-likeness (QED) is 0.245. The van der Waals surface area contributed by atoms with Crippen LogP contribution in [0.15, 0.2) is 78.4 Å². The van der Waals surface area contributed by atoms with Gasteiger partial charge in [-0.05, 0) is 63.6 Å². The number of esters is 2. The van der Waals surface area contributed by atoms with E-state index >= 15 is 0 Å². The van der Waals surface area contributed by atoms with E-state index in [2.05, 4.69) is 13.2 Å². The second-order valence-corrected chi connectivity index (χ2v) is 7.11. The maximum atomic E-state index is 11.8. The molecule has 0 fully saturated rings. The molecule has 0 aliphatic carbocycles. The topological polar surface area (TPSA) is 61.8 Å². The minimum Gasteiger partial charge on any atom is -0.489 e. The lowest BCUT2D eigenvalue weighted by molar-refractivity contribution is -0.130. The van der Waals surface area contributed by atoms with Gasteiger partial charge in [-0.25, -0.2) is 9.59 Å². The molecule has 0 radical (unpaired) electrons. The van der Waals surface area contributed by atoms with Gasteiger partial charge in [0.05, 0.1) is 0 Å². The lowest BCUT2D eigenvalue weighted by Gasteiger charge is -2.13. The highest BCUT2D eigenvalue weighted by Crippen LogP contribution is 2.34. The van der Waals surface area contributed by atoms with Crippen LogP contribution < -0.4 is 14.2 Å². The van der Waals surface area contributed by atoms with Gasteiger partial charge in [0.15, 0.2) is 0 Å². The molecule has 5 nitrogen and oxygen atoms in total. The SMILES string of the molecule is C=C(C)C(=O)Oc1ccc(-c2ccc(OC(=O)C(=C)C)cc2OCC=C(C)C)cc1. The van der Waals surface area contributed by atoms with E-state index in [1.807, 2.05) is 38.1 Å². The fourth-order valence-corrected chi connectivity index (χ4v) is 2.31. The third-order valence-corrected chi connectivity index (χ3v) is 3.97. The molecule has 156 valence electrons. The Morgan fingerprint density at radius 1 is 0.833 bits per heavy atom. The maximum absolute atomic E-state index is 11.8. The van der Waals surface area contributed by atoms with E-state index in [0.29, 0.717) is 35.0 Å². The summed E-state index contributed by atoms with van der Waals surface area (Å²) in [6.07, 6.45) is 1.95. The summed E-state index contributed by atoms with van der Waals surface area (Å²) in [5, 5.41) is 0. The summed E-state index contributed by atoms with van der Waals surface area (Å²) in [6.45, 7) is 14.7. The number of rotatable bonds is 8. The number of benzene rings is 2. The van der Waals surface area contributed by atoms with Gasteiger partial charge in [0.1, 0.15) is 23.9 Å². The highest BCUT2D eigenvalue weighted by Gasteiger charge is 2.12. The first-order chi connectivity index (χ1) is 14.2. The monoisotopic (exact) mass is 406 g/mol. The summed E-state index contributed by atoms with van der Waals surface area (Å²) in [4.78, 5) is 23.5. The molecule has 0 spiro atoms. The molecule has 0 bridgehead atoms. The van der Waals surface area contributed by atoms with E-state index in [0.717, 1.165) is 16.7 Å². The first kappa shape index (κ1) is 22.7. The van der Waals surface area contributed by atoms with Crippen LogP contribution in [0.1, 0.15) is 27.7 Å². The van der Waals surface area contributed by atoms with Crippen molar-refractivity contribution in [3.05, 3.63) is 78.4 Å². The molecule has 0 atom stereocenters. The molecule has 0 saturated carbocycles. The zero-order chi connectivity index (χ0) is 22.3. The fourth-order valence-electron chi connectivity index (χ4n) is 2.31. The third kappa shape index (κ3) is 6.48.